The minimum Gasteiger partial charge on any atom is -0.541 e. The Bertz CT molecular complexity index is 138. The molecule has 0 aromatic carbocycles. The summed E-state index contributed by atoms with van der Waals surface area (Å²) in [6.07, 6.45) is 0. The zero-order valence-corrected chi connectivity index (χ0v) is 10.0. The fourth-order valence-electron chi connectivity index (χ4n) is 0.0833. The van der Waals surface area contributed by atoms with Gasteiger partial charge in [-0.05, 0) is 0 Å². The predicted molar refractivity (Wildman–Crippen MR) is 18.6 cm³/mol. The molecule has 0 atom stereocenters. The van der Waals surface area contributed by atoms with Gasteiger partial charge >= 0.3 is 59.1 Å². The molecule has 8 heteroatoms. The molecule has 52 valence electrons. The average Bonchev–Trinajstić information content (AvgIpc) is 1.64. The zero-order chi connectivity index (χ0) is 6.73. The molecule has 0 amide bonds. The largest absolute Gasteiger partial charge is 1.00 e. The van der Waals surface area contributed by atoms with Crippen LogP contribution in [0.25, 0.3) is 0 Å². The zero-order valence-electron chi connectivity index (χ0n) is 6.04. The van der Waals surface area contributed by atoms with Crippen molar-refractivity contribution in [1.82, 2.24) is 0 Å². The molecule has 0 spiro atoms. The summed E-state index contributed by atoms with van der Waals surface area (Å²) in [7, 11) is 0. The van der Waals surface area contributed by atoms with Gasteiger partial charge in [-0.2, -0.15) is 0 Å². The van der Waals surface area contributed by atoms with Crippen molar-refractivity contribution in [3.63, 3.8) is 0 Å². The molecule has 0 saturated carbocycles. The molecular formula is C3H2Na2O6. The smallest absolute Gasteiger partial charge is 0.541 e. The van der Waals surface area contributed by atoms with Crippen LogP contribution in [-0.2, 0) is 14.4 Å². The van der Waals surface area contributed by atoms with Crippen molar-refractivity contribution in [2.24, 2.45) is 0 Å². The number of aliphatic carboxylic acids is 2. The second-order valence-electron chi connectivity index (χ2n) is 0.904. The van der Waals surface area contributed by atoms with Gasteiger partial charge in [0.2, 0.25) is 5.78 Å². The topological polar surface area (TPSA) is 129 Å². The summed E-state index contributed by atoms with van der Waals surface area (Å²) in [4.78, 5) is 28.0. The number of carbonyl (C=O) groups is 3. The number of Topliss-reactive ketones (excluding diaryl/α,β-unsaturated/α-hetero) is 1. The van der Waals surface area contributed by atoms with Crippen molar-refractivity contribution in [2.45, 2.75) is 0 Å². The van der Waals surface area contributed by atoms with Crippen molar-refractivity contribution in [3.05, 3.63) is 0 Å². The van der Waals surface area contributed by atoms with Gasteiger partial charge in [0.15, 0.2) is 0 Å². The first-order valence-corrected chi connectivity index (χ1v) is 1.52. The second kappa shape index (κ2) is 10.6. The third-order valence-electron chi connectivity index (χ3n) is 0.371. The molecule has 0 aliphatic carbocycles. The normalized spacial score (nSPS) is 5.82. The fourth-order valence-corrected chi connectivity index (χ4v) is 0.0833. The van der Waals surface area contributed by atoms with Gasteiger partial charge in [0, 0.05) is 0 Å². The molecule has 0 bridgehead atoms. The first-order chi connectivity index (χ1) is 3.55. The summed E-state index contributed by atoms with van der Waals surface area (Å²) in [6, 6.07) is 0. The van der Waals surface area contributed by atoms with E-state index in [1.54, 1.807) is 0 Å². The summed E-state index contributed by atoms with van der Waals surface area (Å²) in [5.74, 6) is -6.56. The van der Waals surface area contributed by atoms with E-state index in [9.17, 15) is 24.6 Å². The van der Waals surface area contributed by atoms with Crippen molar-refractivity contribution in [1.29, 1.82) is 0 Å². The maximum Gasteiger partial charge on any atom is 1.00 e. The third kappa shape index (κ3) is 10.6. The summed E-state index contributed by atoms with van der Waals surface area (Å²) >= 11 is 0. The Labute approximate surface area is 106 Å². The summed E-state index contributed by atoms with van der Waals surface area (Å²) in [5.41, 5.74) is 0. The van der Waals surface area contributed by atoms with Crippen LogP contribution >= 0.6 is 0 Å². The van der Waals surface area contributed by atoms with E-state index in [2.05, 4.69) is 0 Å². The predicted octanol–water partition coefficient (Wildman–Crippen LogP) is -10.8. The van der Waals surface area contributed by atoms with Crippen LogP contribution in [0.5, 0.6) is 0 Å². The van der Waals surface area contributed by atoms with Gasteiger partial charge in [0.25, 0.3) is 0 Å². The van der Waals surface area contributed by atoms with Crippen LogP contribution in [0.3, 0.4) is 0 Å². The number of carbonyl (C=O) groups excluding carboxylic acids is 3. The van der Waals surface area contributed by atoms with Gasteiger partial charge in [0.05, 0.1) is 0 Å². The van der Waals surface area contributed by atoms with Crippen molar-refractivity contribution < 1.29 is 89.2 Å². The Morgan fingerprint density at radius 2 is 1.00 bits per heavy atom. The van der Waals surface area contributed by atoms with Crippen molar-refractivity contribution in [2.75, 3.05) is 0 Å². The molecule has 0 unspecified atom stereocenters. The molecule has 0 heterocycles. The quantitative estimate of drug-likeness (QED) is 0.236. The Balaban J connectivity index is -0.0000000817. The molecule has 6 nitrogen and oxygen atoms in total. The van der Waals surface area contributed by atoms with Crippen LogP contribution in [-0.4, -0.2) is 23.2 Å². The minimum atomic E-state index is -2.26. The van der Waals surface area contributed by atoms with Gasteiger partial charge in [-0.1, -0.05) is 0 Å². The molecule has 0 rings (SSSR count). The minimum absolute atomic E-state index is 0. The second-order valence-corrected chi connectivity index (χ2v) is 0.904. The molecule has 11 heavy (non-hydrogen) atoms. The van der Waals surface area contributed by atoms with Crippen molar-refractivity contribution >= 4 is 17.7 Å². The van der Waals surface area contributed by atoms with Gasteiger partial charge < -0.3 is 25.3 Å². The van der Waals surface area contributed by atoms with E-state index in [0.717, 1.165) is 0 Å². The molecule has 0 aliphatic heterocycles. The maximum absolute atomic E-state index is 9.52. The molecule has 0 aromatic heterocycles. The number of rotatable bonds is 2. The number of ketones is 1. The van der Waals surface area contributed by atoms with E-state index in [1.165, 1.54) is 0 Å². The Kier molecular flexibility index (Phi) is 21.7. The Morgan fingerprint density at radius 1 is 0.818 bits per heavy atom. The van der Waals surface area contributed by atoms with Crippen LogP contribution in [0.4, 0.5) is 0 Å². The summed E-state index contributed by atoms with van der Waals surface area (Å²) < 4.78 is 0. The fraction of sp³-hybridized carbons (Fsp3) is 0. The van der Waals surface area contributed by atoms with Gasteiger partial charge in [-0.25, -0.2) is 0 Å². The van der Waals surface area contributed by atoms with Gasteiger partial charge in [-0.3, -0.25) is 4.79 Å². The van der Waals surface area contributed by atoms with Crippen LogP contribution in [0.2, 0.25) is 0 Å². The molecule has 0 aromatic rings. The van der Waals surface area contributed by atoms with Crippen LogP contribution < -0.4 is 69.3 Å². The monoisotopic (exact) mass is 180 g/mol. The van der Waals surface area contributed by atoms with Gasteiger partial charge in [0.1, 0.15) is 11.9 Å². The van der Waals surface area contributed by atoms with E-state index in [0.29, 0.717) is 0 Å². The number of hydrogen-bond acceptors (Lipinski definition) is 5. The SMILES string of the molecule is O.O=C([O-])C(=O)C(=O)[O-].[Na+].[Na+]. The summed E-state index contributed by atoms with van der Waals surface area (Å²) in [6.45, 7) is 0. The molecule has 0 fully saturated rings. The van der Waals surface area contributed by atoms with E-state index >= 15 is 0 Å². The molecule has 0 aliphatic rings. The molecule has 2 N–H and O–H groups in total. The molecule has 0 radical (unpaired) electrons. The van der Waals surface area contributed by atoms with Crippen LogP contribution in [0.1, 0.15) is 0 Å². The van der Waals surface area contributed by atoms with Gasteiger partial charge in [-0.15, -0.1) is 0 Å². The van der Waals surface area contributed by atoms with Crippen molar-refractivity contribution in [3.8, 4) is 0 Å². The first-order valence-electron chi connectivity index (χ1n) is 1.52. The standard InChI is InChI=1S/C3H2O5.2Na.H2O/c4-1(2(5)6)3(7)8;;;/h(H,5,6)(H,7,8);;;1H2/q;2*+1;/p-2. The Morgan fingerprint density at radius 3 is 1.00 bits per heavy atom. The number of carboxylic acids is 2. The van der Waals surface area contributed by atoms with E-state index in [-0.39, 0.29) is 64.6 Å². The van der Waals surface area contributed by atoms with E-state index in [4.69, 9.17) is 0 Å². The van der Waals surface area contributed by atoms with Crippen LogP contribution in [0, 0.1) is 0 Å². The van der Waals surface area contributed by atoms with E-state index < -0.39 is 17.7 Å². The number of hydrogen-bond donors (Lipinski definition) is 0. The summed E-state index contributed by atoms with van der Waals surface area (Å²) in [5, 5.41) is 18.5. The Hall–Kier alpha value is 0.570. The first kappa shape index (κ1) is 22.6. The van der Waals surface area contributed by atoms with Crippen LogP contribution in [0.15, 0.2) is 0 Å². The molecular weight excluding hydrogens is 178 g/mol. The number of carboxylic acid groups (broad SMARTS) is 2. The third-order valence-corrected chi connectivity index (χ3v) is 0.371. The van der Waals surface area contributed by atoms with E-state index in [1.807, 2.05) is 0 Å². The molecule has 0 saturated heterocycles. The maximum atomic E-state index is 9.52. The average molecular weight is 180 g/mol.